The smallest absolute Gasteiger partial charge is 0.272 e. The number of nitrogens with zero attached hydrogens (tertiary/aromatic N) is 4. The molecule has 1 fully saturated rings. The van der Waals surface area contributed by atoms with E-state index in [0.717, 1.165) is 68.9 Å². The second-order valence-electron chi connectivity index (χ2n) is 7.85. The molecule has 158 valence electrons. The maximum absolute atomic E-state index is 12.6. The van der Waals surface area contributed by atoms with Gasteiger partial charge in [-0.05, 0) is 50.6 Å². The van der Waals surface area contributed by atoms with Crippen molar-refractivity contribution in [2.24, 2.45) is 0 Å². The van der Waals surface area contributed by atoms with Gasteiger partial charge in [-0.3, -0.25) is 9.69 Å². The molecule has 2 aromatic carbocycles. The molecule has 0 atom stereocenters. The highest BCUT2D eigenvalue weighted by Gasteiger charge is 2.19. The summed E-state index contributed by atoms with van der Waals surface area (Å²) >= 11 is 0. The number of methoxy groups -OCH3 is 1. The summed E-state index contributed by atoms with van der Waals surface area (Å²) < 4.78 is 7.39. The number of anilines is 1. The van der Waals surface area contributed by atoms with Crippen LogP contribution >= 0.6 is 0 Å². The summed E-state index contributed by atoms with van der Waals surface area (Å²) in [5.41, 5.74) is 3.60. The normalized spacial score (nSPS) is 14.9. The van der Waals surface area contributed by atoms with Gasteiger partial charge in [0.1, 0.15) is 11.4 Å². The molecule has 0 radical (unpaired) electrons. The maximum atomic E-state index is 12.6. The van der Waals surface area contributed by atoms with Gasteiger partial charge in [0, 0.05) is 32.7 Å². The molecule has 0 aliphatic carbocycles. The molecule has 1 saturated heterocycles. The summed E-state index contributed by atoms with van der Waals surface area (Å²) in [6.07, 6.45) is 2.07. The quantitative estimate of drug-likeness (QED) is 0.564. The molecule has 0 spiro atoms. The number of hydrogen-bond donors (Lipinski definition) is 0. The van der Waals surface area contributed by atoms with E-state index >= 15 is 0 Å². The molecular formula is C24H30N4O2. The molecule has 1 aliphatic heterocycles. The lowest BCUT2D eigenvalue weighted by atomic mass is 10.2. The molecule has 1 aromatic heterocycles. The summed E-state index contributed by atoms with van der Waals surface area (Å²) in [5, 5.41) is 0. The van der Waals surface area contributed by atoms with Gasteiger partial charge in [0.05, 0.1) is 23.8 Å². The Bertz CT molecular complexity index is 1050. The van der Waals surface area contributed by atoms with Crippen molar-refractivity contribution >= 4 is 16.7 Å². The van der Waals surface area contributed by atoms with Gasteiger partial charge in [0.25, 0.3) is 5.56 Å². The second-order valence-corrected chi connectivity index (χ2v) is 7.85. The Labute approximate surface area is 177 Å². The highest BCUT2D eigenvalue weighted by atomic mass is 16.5. The zero-order valence-corrected chi connectivity index (χ0v) is 17.9. The summed E-state index contributed by atoms with van der Waals surface area (Å²) in [5.74, 6) is 0.941. The van der Waals surface area contributed by atoms with Crippen molar-refractivity contribution in [1.29, 1.82) is 0 Å². The molecule has 6 nitrogen and oxygen atoms in total. The number of ether oxygens (including phenoxy) is 1. The first-order valence-corrected chi connectivity index (χ1v) is 10.7. The molecular weight excluding hydrogens is 376 g/mol. The minimum Gasteiger partial charge on any atom is -0.495 e. The van der Waals surface area contributed by atoms with Crippen molar-refractivity contribution in [2.75, 3.05) is 44.7 Å². The maximum Gasteiger partial charge on any atom is 0.272 e. The van der Waals surface area contributed by atoms with Crippen LogP contribution in [0.2, 0.25) is 0 Å². The van der Waals surface area contributed by atoms with Crippen molar-refractivity contribution in [3.63, 3.8) is 0 Å². The fourth-order valence-electron chi connectivity index (χ4n) is 4.25. The standard InChI is InChI=1S/C24H30N4O2/c1-19-24(29)28(21-10-4-3-9-20(21)25-19)14-8-7-13-26-15-17-27(18-16-26)22-11-5-6-12-23(22)30-2/h3-6,9-12H,7-8,13-18H2,1-2H3. The number of rotatable bonds is 7. The number of aromatic nitrogens is 2. The Morgan fingerprint density at radius 3 is 2.43 bits per heavy atom. The minimum atomic E-state index is 0.0270. The van der Waals surface area contributed by atoms with E-state index in [0.29, 0.717) is 5.69 Å². The Morgan fingerprint density at radius 1 is 0.933 bits per heavy atom. The lowest BCUT2D eigenvalue weighted by Gasteiger charge is -2.36. The molecule has 30 heavy (non-hydrogen) atoms. The third kappa shape index (κ3) is 4.33. The van der Waals surface area contributed by atoms with E-state index in [1.54, 1.807) is 14.0 Å². The molecule has 4 rings (SSSR count). The summed E-state index contributed by atoms with van der Waals surface area (Å²) in [6.45, 7) is 7.72. The van der Waals surface area contributed by atoms with E-state index in [-0.39, 0.29) is 5.56 Å². The molecule has 0 bridgehead atoms. The van der Waals surface area contributed by atoms with Crippen molar-refractivity contribution in [2.45, 2.75) is 26.3 Å². The first-order valence-electron chi connectivity index (χ1n) is 10.7. The van der Waals surface area contributed by atoms with Crippen LogP contribution in [0.15, 0.2) is 53.3 Å². The lowest BCUT2D eigenvalue weighted by Crippen LogP contribution is -2.46. The first kappa shape index (κ1) is 20.4. The third-order valence-corrected chi connectivity index (χ3v) is 5.92. The van der Waals surface area contributed by atoms with E-state index < -0.39 is 0 Å². The summed E-state index contributed by atoms with van der Waals surface area (Å²) in [6, 6.07) is 16.1. The lowest BCUT2D eigenvalue weighted by molar-refractivity contribution is 0.250. The van der Waals surface area contributed by atoms with Crippen LogP contribution in [-0.2, 0) is 6.54 Å². The molecule has 0 amide bonds. The van der Waals surface area contributed by atoms with E-state index in [9.17, 15) is 4.79 Å². The predicted molar refractivity (Wildman–Crippen MR) is 122 cm³/mol. The third-order valence-electron chi connectivity index (χ3n) is 5.92. The SMILES string of the molecule is COc1ccccc1N1CCN(CCCCn2c(=O)c(C)nc3ccccc32)CC1. The molecule has 0 N–H and O–H groups in total. The van der Waals surface area contributed by atoms with Crippen molar-refractivity contribution in [1.82, 2.24) is 14.5 Å². The number of aryl methyl sites for hydroxylation is 2. The second kappa shape index (κ2) is 9.30. The van der Waals surface area contributed by atoms with E-state index in [1.165, 1.54) is 5.69 Å². The van der Waals surface area contributed by atoms with Gasteiger partial charge in [0.15, 0.2) is 0 Å². The molecule has 3 aromatic rings. The van der Waals surface area contributed by atoms with E-state index in [2.05, 4.69) is 26.9 Å². The van der Waals surface area contributed by atoms with Crippen LogP contribution in [-0.4, -0.2) is 54.3 Å². The van der Waals surface area contributed by atoms with Crippen LogP contribution in [0.25, 0.3) is 11.0 Å². The minimum absolute atomic E-state index is 0.0270. The summed E-state index contributed by atoms with van der Waals surface area (Å²) in [4.78, 5) is 21.9. The average Bonchev–Trinajstić information content (AvgIpc) is 2.79. The van der Waals surface area contributed by atoms with Gasteiger partial charge in [-0.25, -0.2) is 4.98 Å². The molecule has 6 heteroatoms. The van der Waals surface area contributed by atoms with E-state index in [1.807, 2.05) is 41.0 Å². The molecule has 1 aliphatic rings. The first-order chi connectivity index (χ1) is 14.7. The van der Waals surface area contributed by atoms with Crippen molar-refractivity contribution in [3.05, 3.63) is 64.6 Å². The van der Waals surface area contributed by atoms with Crippen molar-refractivity contribution in [3.8, 4) is 5.75 Å². The fraction of sp³-hybridized carbons (Fsp3) is 0.417. The van der Waals surface area contributed by atoms with Crippen LogP contribution in [0.1, 0.15) is 18.5 Å². The zero-order valence-electron chi connectivity index (χ0n) is 17.9. The predicted octanol–water partition coefficient (Wildman–Crippen LogP) is 3.32. The fourth-order valence-corrected chi connectivity index (χ4v) is 4.25. The van der Waals surface area contributed by atoms with Gasteiger partial charge < -0.3 is 14.2 Å². The number of piperazine rings is 1. The number of unbranched alkanes of at least 4 members (excludes halogenated alkanes) is 1. The molecule has 0 saturated carbocycles. The molecule has 2 heterocycles. The van der Waals surface area contributed by atoms with Gasteiger partial charge in [0.2, 0.25) is 0 Å². The zero-order chi connectivity index (χ0) is 20.9. The van der Waals surface area contributed by atoms with Crippen LogP contribution in [0.5, 0.6) is 5.75 Å². The highest BCUT2D eigenvalue weighted by molar-refractivity contribution is 5.74. The van der Waals surface area contributed by atoms with E-state index in [4.69, 9.17) is 4.74 Å². The van der Waals surface area contributed by atoms with Gasteiger partial charge >= 0.3 is 0 Å². The van der Waals surface area contributed by atoms with Crippen LogP contribution in [0, 0.1) is 6.92 Å². The molecule has 0 unspecified atom stereocenters. The number of fused-ring (bicyclic) bond motifs is 1. The topological polar surface area (TPSA) is 50.6 Å². The van der Waals surface area contributed by atoms with Crippen LogP contribution in [0.3, 0.4) is 0 Å². The Morgan fingerprint density at radius 2 is 1.63 bits per heavy atom. The number of para-hydroxylation sites is 4. The van der Waals surface area contributed by atoms with Gasteiger partial charge in [-0.2, -0.15) is 0 Å². The van der Waals surface area contributed by atoms with Crippen LogP contribution in [0.4, 0.5) is 5.69 Å². The van der Waals surface area contributed by atoms with Crippen LogP contribution < -0.4 is 15.2 Å². The Balaban J connectivity index is 1.29. The largest absolute Gasteiger partial charge is 0.495 e. The number of hydrogen-bond acceptors (Lipinski definition) is 5. The Kier molecular flexibility index (Phi) is 6.33. The monoisotopic (exact) mass is 406 g/mol. The number of benzene rings is 2. The van der Waals surface area contributed by atoms with Gasteiger partial charge in [-0.15, -0.1) is 0 Å². The summed E-state index contributed by atoms with van der Waals surface area (Å²) in [7, 11) is 1.73. The average molecular weight is 407 g/mol. The highest BCUT2D eigenvalue weighted by Crippen LogP contribution is 2.28. The van der Waals surface area contributed by atoms with Gasteiger partial charge in [-0.1, -0.05) is 24.3 Å². The Hall–Kier alpha value is -2.86. The van der Waals surface area contributed by atoms with Crippen molar-refractivity contribution < 1.29 is 4.74 Å².